The Labute approximate surface area is 101 Å². The molecule has 0 aromatic carbocycles. The van der Waals surface area contributed by atoms with Crippen molar-refractivity contribution < 1.29 is 18.6 Å². The summed E-state index contributed by atoms with van der Waals surface area (Å²) < 4.78 is 0. The van der Waals surface area contributed by atoms with E-state index in [9.17, 15) is 0 Å². The predicted octanol–water partition coefficient (Wildman–Crippen LogP) is 3.39. The van der Waals surface area contributed by atoms with Crippen LogP contribution in [0.5, 0.6) is 0 Å². The van der Waals surface area contributed by atoms with Crippen molar-refractivity contribution in [3.63, 3.8) is 0 Å². The molecule has 0 amide bonds. The Bertz CT molecular complexity index is 170. The number of rotatable bonds is 1. The summed E-state index contributed by atoms with van der Waals surface area (Å²) in [5, 5.41) is 1.49. The SMILES string of the molecule is C[Si](C)(C)C1=[C-]CC=C1.Cl.Cl.[V]. The van der Waals surface area contributed by atoms with E-state index in [0.717, 1.165) is 6.42 Å². The first-order valence-electron chi connectivity index (χ1n) is 3.38. The molecule has 0 aliphatic heterocycles. The van der Waals surface area contributed by atoms with E-state index >= 15 is 0 Å². The van der Waals surface area contributed by atoms with Gasteiger partial charge in [0.2, 0.25) is 0 Å². The molecule has 0 aromatic rings. The van der Waals surface area contributed by atoms with Crippen LogP contribution in [0.1, 0.15) is 6.42 Å². The van der Waals surface area contributed by atoms with Crippen LogP contribution in [0.3, 0.4) is 0 Å². The van der Waals surface area contributed by atoms with Crippen molar-refractivity contribution in [1.29, 1.82) is 0 Å². The molecule has 0 saturated heterocycles. The fourth-order valence-corrected chi connectivity index (χ4v) is 2.17. The molecule has 12 heavy (non-hydrogen) atoms. The Morgan fingerprint density at radius 2 is 1.75 bits per heavy atom. The van der Waals surface area contributed by atoms with Gasteiger partial charge in [-0.2, -0.15) is 6.08 Å². The average Bonchev–Trinajstić information content (AvgIpc) is 2.08. The third-order valence-electron chi connectivity index (χ3n) is 1.50. The fourth-order valence-electron chi connectivity index (χ4n) is 0.920. The summed E-state index contributed by atoms with van der Waals surface area (Å²) in [7, 11) is -1.01. The minimum Gasteiger partial charge on any atom is -0.274 e. The molecule has 71 valence electrons. The number of halogens is 2. The van der Waals surface area contributed by atoms with Crippen molar-refractivity contribution in [3.8, 4) is 0 Å². The zero-order valence-electron chi connectivity index (χ0n) is 7.63. The minimum absolute atomic E-state index is 0. The largest absolute Gasteiger partial charge is 0.274 e. The summed E-state index contributed by atoms with van der Waals surface area (Å²) >= 11 is 0. The molecule has 1 rings (SSSR count). The molecule has 0 nitrogen and oxygen atoms in total. The molecule has 0 aromatic heterocycles. The van der Waals surface area contributed by atoms with Crippen LogP contribution in [-0.4, -0.2) is 8.07 Å². The normalized spacial score (nSPS) is 13.8. The van der Waals surface area contributed by atoms with E-state index in [1.165, 1.54) is 5.20 Å². The van der Waals surface area contributed by atoms with Crippen molar-refractivity contribution in [2.24, 2.45) is 0 Å². The van der Waals surface area contributed by atoms with Crippen molar-refractivity contribution >= 4 is 32.9 Å². The molecule has 0 spiro atoms. The summed E-state index contributed by atoms with van der Waals surface area (Å²) in [5.41, 5.74) is 0. The van der Waals surface area contributed by atoms with Gasteiger partial charge in [0.25, 0.3) is 0 Å². The first-order valence-corrected chi connectivity index (χ1v) is 6.88. The molecular weight excluding hydrogens is 246 g/mol. The van der Waals surface area contributed by atoms with Gasteiger partial charge in [-0.3, -0.25) is 6.08 Å². The smallest absolute Gasteiger partial charge is 0.0393 e. The van der Waals surface area contributed by atoms with E-state index in [-0.39, 0.29) is 43.4 Å². The summed E-state index contributed by atoms with van der Waals surface area (Å²) in [4.78, 5) is 0. The number of hydrogen-bond acceptors (Lipinski definition) is 0. The first-order chi connectivity index (χ1) is 4.11. The van der Waals surface area contributed by atoms with Crippen LogP contribution in [0, 0.1) is 6.08 Å². The minimum atomic E-state index is -1.01. The Kier molecular flexibility index (Phi) is 11.3. The van der Waals surface area contributed by atoms with Gasteiger partial charge in [-0.15, -0.1) is 31.2 Å². The summed E-state index contributed by atoms with van der Waals surface area (Å²) in [6.07, 6.45) is 8.82. The number of hydrogen-bond donors (Lipinski definition) is 0. The maximum Gasteiger partial charge on any atom is 0.0393 e. The van der Waals surface area contributed by atoms with E-state index in [0.29, 0.717) is 0 Å². The molecule has 0 atom stereocenters. The fraction of sp³-hybridized carbons (Fsp3) is 0.500. The standard InChI is InChI=1S/C8H13Si.2ClH.V/c1-9(2,3)8-6-4-5-7-8;;;/h4,6H,5H2,1-3H3;2*1H;/q-1;;;. The molecule has 0 bridgehead atoms. The molecule has 0 fully saturated rings. The number of allylic oxidation sites excluding steroid dienone is 4. The average molecular weight is 261 g/mol. The van der Waals surface area contributed by atoms with Gasteiger partial charge in [0.05, 0.1) is 0 Å². The molecule has 0 heterocycles. The van der Waals surface area contributed by atoms with Crippen LogP contribution >= 0.6 is 24.8 Å². The van der Waals surface area contributed by atoms with Gasteiger partial charge in [0.1, 0.15) is 0 Å². The summed E-state index contributed by atoms with van der Waals surface area (Å²) in [6.45, 7) is 7.06. The predicted molar refractivity (Wildman–Crippen MR) is 58.4 cm³/mol. The van der Waals surface area contributed by atoms with E-state index in [2.05, 4.69) is 37.9 Å². The Morgan fingerprint density at radius 1 is 1.25 bits per heavy atom. The van der Waals surface area contributed by atoms with Gasteiger partial charge < -0.3 is 0 Å². The van der Waals surface area contributed by atoms with Gasteiger partial charge in [0, 0.05) is 26.6 Å². The van der Waals surface area contributed by atoms with Crippen molar-refractivity contribution in [2.75, 3.05) is 0 Å². The molecular formula is C8H15Cl2SiV-. The Balaban J connectivity index is -0.000000270. The summed E-state index contributed by atoms with van der Waals surface area (Å²) in [5.74, 6) is 0. The Morgan fingerprint density at radius 3 is 1.92 bits per heavy atom. The zero-order valence-corrected chi connectivity index (χ0v) is 11.7. The Hall–Kier alpha value is 0.861. The van der Waals surface area contributed by atoms with Crippen LogP contribution in [0.15, 0.2) is 17.3 Å². The van der Waals surface area contributed by atoms with Gasteiger partial charge in [-0.05, 0) is 0 Å². The molecule has 0 unspecified atom stereocenters. The quantitative estimate of drug-likeness (QED) is 0.501. The van der Waals surface area contributed by atoms with Crippen LogP contribution in [0.25, 0.3) is 0 Å². The second kappa shape index (κ2) is 7.28. The van der Waals surface area contributed by atoms with Gasteiger partial charge in [-0.25, -0.2) is 11.3 Å². The van der Waals surface area contributed by atoms with E-state index in [1.807, 2.05) is 0 Å². The topological polar surface area (TPSA) is 0 Å². The molecule has 1 aliphatic carbocycles. The molecule has 4 heteroatoms. The molecule has 0 N–H and O–H groups in total. The van der Waals surface area contributed by atoms with Gasteiger partial charge in [0.15, 0.2) is 0 Å². The van der Waals surface area contributed by atoms with Crippen LogP contribution < -0.4 is 0 Å². The summed E-state index contributed by atoms with van der Waals surface area (Å²) in [6, 6.07) is 0. The van der Waals surface area contributed by atoms with Crippen molar-refractivity contribution in [1.82, 2.24) is 0 Å². The van der Waals surface area contributed by atoms with Crippen molar-refractivity contribution in [3.05, 3.63) is 23.4 Å². The van der Waals surface area contributed by atoms with Crippen LogP contribution in [0.2, 0.25) is 19.6 Å². The van der Waals surface area contributed by atoms with E-state index < -0.39 is 8.07 Å². The zero-order chi connectivity index (χ0) is 6.91. The third kappa shape index (κ3) is 5.50. The van der Waals surface area contributed by atoms with E-state index in [4.69, 9.17) is 0 Å². The monoisotopic (exact) mass is 260 g/mol. The van der Waals surface area contributed by atoms with Gasteiger partial charge in [-0.1, -0.05) is 19.6 Å². The van der Waals surface area contributed by atoms with Crippen LogP contribution in [-0.2, 0) is 18.6 Å². The second-order valence-electron chi connectivity index (χ2n) is 3.45. The van der Waals surface area contributed by atoms with Crippen LogP contribution in [0.4, 0.5) is 0 Å². The van der Waals surface area contributed by atoms with Crippen molar-refractivity contribution in [2.45, 2.75) is 26.1 Å². The van der Waals surface area contributed by atoms with Gasteiger partial charge >= 0.3 is 0 Å². The molecule has 0 saturated carbocycles. The molecule has 1 radical (unpaired) electrons. The maximum absolute atomic E-state index is 3.36. The first kappa shape index (κ1) is 18.6. The molecule has 1 aliphatic rings. The van der Waals surface area contributed by atoms with E-state index in [1.54, 1.807) is 0 Å². The second-order valence-corrected chi connectivity index (χ2v) is 8.49. The third-order valence-corrected chi connectivity index (χ3v) is 3.46. The maximum atomic E-state index is 3.36.